The quantitative estimate of drug-likeness (QED) is 0.299. The van der Waals surface area contributed by atoms with E-state index in [9.17, 15) is 19.6 Å². The van der Waals surface area contributed by atoms with Crippen molar-refractivity contribution in [2.45, 2.75) is 65.0 Å². The molecule has 2 aromatic carbocycles. The summed E-state index contributed by atoms with van der Waals surface area (Å²) in [6.45, 7) is 7.46. The van der Waals surface area contributed by atoms with E-state index in [1.54, 1.807) is 50.1 Å². The topological polar surface area (TPSA) is 124 Å². The van der Waals surface area contributed by atoms with Gasteiger partial charge in [0.2, 0.25) is 11.8 Å². The second kappa shape index (κ2) is 13.3. The Morgan fingerprint density at radius 1 is 1.17 bits per heavy atom. The van der Waals surface area contributed by atoms with Crippen molar-refractivity contribution >= 4 is 46.5 Å². The lowest BCUT2D eigenvalue weighted by molar-refractivity contribution is -0.129. The minimum Gasteiger partial charge on any atom is -0.444 e. The van der Waals surface area contributed by atoms with E-state index in [1.165, 1.54) is 18.2 Å². The van der Waals surface area contributed by atoms with E-state index in [0.717, 1.165) is 5.56 Å². The summed E-state index contributed by atoms with van der Waals surface area (Å²) < 4.78 is 20.4. The van der Waals surface area contributed by atoms with Crippen LogP contribution in [0.2, 0.25) is 5.02 Å². The third kappa shape index (κ3) is 7.21. The molecule has 2 N–H and O–H groups in total. The zero-order valence-electron chi connectivity index (χ0n) is 26.1. The summed E-state index contributed by atoms with van der Waals surface area (Å²) in [7, 11) is 0. The summed E-state index contributed by atoms with van der Waals surface area (Å²) in [6.07, 6.45) is 4.52. The van der Waals surface area contributed by atoms with Gasteiger partial charge in [0.25, 0.3) is 0 Å². The van der Waals surface area contributed by atoms with Crippen LogP contribution in [-0.2, 0) is 14.3 Å². The normalized spacial score (nSPS) is 18.6. The van der Waals surface area contributed by atoms with Crippen molar-refractivity contribution in [1.29, 1.82) is 5.26 Å². The van der Waals surface area contributed by atoms with Crippen LogP contribution >= 0.6 is 11.6 Å². The molecule has 0 saturated carbocycles. The standard InChI is InChI=1S/C35H35ClFN5O4/c1-20-6-5-7-29(42-15-13-22(17-30(42)43)31-23(19-38)8-11-26(36)32(31)37)28-16-21(12-14-39-28)25-10-9-24(18-27(25)41-33(20)44)40-34(45)46-35(2,3)4/h8-12,14,16-18,20,29H,5-7,13,15H2,1-4H3,(H,40,45)(H,41,44)/t20-,29+/m1/s1. The predicted molar refractivity (Wildman–Crippen MR) is 174 cm³/mol. The first-order valence-electron chi connectivity index (χ1n) is 15.2. The Labute approximate surface area is 272 Å². The maximum Gasteiger partial charge on any atom is 0.412 e. The Bertz CT molecular complexity index is 1780. The summed E-state index contributed by atoms with van der Waals surface area (Å²) >= 11 is 6.02. The maximum absolute atomic E-state index is 15.0. The number of pyridine rings is 1. The van der Waals surface area contributed by atoms with Gasteiger partial charge in [-0.05, 0) is 87.6 Å². The first-order chi connectivity index (χ1) is 21.8. The summed E-state index contributed by atoms with van der Waals surface area (Å²) in [5.41, 5.74) is 3.04. The fraction of sp³-hybridized carbons (Fsp3) is 0.343. The lowest BCUT2D eigenvalue weighted by Crippen LogP contribution is -2.38. The van der Waals surface area contributed by atoms with Gasteiger partial charge in [0.1, 0.15) is 5.60 Å². The minimum atomic E-state index is -0.719. The third-order valence-corrected chi connectivity index (χ3v) is 8.33. The highest BCUT2D eigenvalue weighted by Gasteiger charge is 2.31. The van der Waals surface area contributed by atoms with Crippen molar-refractivity contribution in [2.24, 2.45) is 5.92 Å². The van der Waals surface area contributed by atoms with Gasteiger partial charge >= 0.3 is 6.09 Å². The number of hydrogen-bond donors (Lipinski definition) is 2. The average molecular weight is 644 g/mol. The second-order valence-corrected chi connectivity index (χ2v) is 12.9. The SMILES string of the molecule is C[C@@H]1CCC[C@H](N2CCC(c3c(C#N)ccc(Cl)c3F)=CC2=O)c2cc(ccn2)-c2ccc(NC(=O)OC(C)(C)C)cc2NC1=O. The Balaban J connectivity index is 1.50. The van der Waals surface area contributed by atoms with Gasteiger partial charge in [-0.1, -0.05) is 31.0 Å². The van der Waals surface area contributed by atoms with Crippen molar-refractivity contribution in [3.8, 4) is 17.2 Å². The monoisotopic (exact) mass is 643 g/mol. The summed E-state index contributed by atoms with van der Waals surface area (Å²) in [5, 5.41) is 15.2. The zero-order valence-corrected chi connectivity index (χ0v) is 26.9. The van der Waals surface area contributed by atoms with Crippen LogP contribution in [0.5, 0.6) is 0 Å². The van der Waals surface area contributed by atoms with Gasteiger partial charge in [-0.2, -0.15) is 5.26 Å². The maximum atomic E-state index is 15.0. The van der Waals surface area contributed by atoms with Gasteiger partial charge in [-0.3, -0.25) is 19.9 Å². The molecule has 9 nitrogen and oxygen atoms in total. The average Bonchev–Trinajstić information content (AvgIpc) is 2.99. The van der Waals surface area contributed by atoms with Gasteiger partial charge in [0.15, 0.2) is 5.82 Å². The van der Waals surface area contributed by atoms with Crippen LogP contribution in [0, 0.1) is 23.1 Å². The molecule has 11 heteroatoms. The number of halogens is 2. The van der Waals surface area contributed by atoms with E-state index in [4.69, 9.17) is 16.3 Å². The Kier molecular flexibility index (Phi) is 9.44. The highest BCUT2D eigenvalue weighted by molar-refractivity contribution is 6.31. The largest absolute Gasteiger partial charge is 0.444 e. The van der Waals surface area contributed by atoms with Crippen molar-refractivity contribution in [1.82, 2.24) is 9.88 Å². The van der Waals surface area contributed by atoms with Crippen LogP contribution in [0.3, 0.4) is 0 Å². The van der Waals surface area contributed by atoms with E-state index in [0.29, 0.717) is 53.9 Å². The van der Waals surface area contributed by atoms with E-state index in [1.807, 2.05) is 25.1 Å². The highest BCUT2D eigenvalue weighted by atomic mass is 35.5. The minimum absolute atomic E-state index is 0.0544. The van der Waals surface area contributed by atoms with Gasteiger partial charge < -0.3 is 15.0 Å². The zero-order chi connectivity index (χ0) is 33.2. The molecule has 5 rings (SSSR count). The molecule has 0 fully saturated rings. The fourth-order valence-corrected chi connectivity index (χ4v) is 5.94. The smallest absolute Gasteiger partial charge is 0.412 e. The molecule has 2 aliphatic heterocycles. The van der Waals surface area contributed by atoms with Crippen molar-refractivity contribution < 1.29 is 23.5 Å². The van der Waals surface area contributed by atoms with Gasteiger partial charge in [-0.15, -0.1) is 0 Å². The number of aromatic nitrogens is 1. The number of fused-ring (bicyclic) bond motifs is 4. The first-order valence-corrected chi connectivity index (χ1v) is 15.5. The summed E-state index contributed by atoms with van der Waals surface area (Å²) in [5.74, 6) is -1.54. The second-order valence-electron chi connectivity index (χ2n) is 12.5. The molecular weight excluding hydrogens is 609 g/mol. The molecule has 0 aliphatic carbocycles. The van der Waals surface area contributed by atoms with Gasteiger partial charge in [0.05, 0.1) is 34.1 Å². The molecule has 238 valence electrons. The van der Waals surface area contributed by atoms with Crippen molar-refractivity contribution in [3.63, 3.8) is 0 Å². The Morgan fingerprint density at radius 3 is 2.67 bits per heavy atom. The molecule has 0 radical (unpaired) electrons. The summed E-state index contributed by atoms with van der Waals surface area (Å²) in [6, 6.07) is 13.3. The van der Waals surface area contributed by atoms with E-state index in [-0.39, 0.29) is 40.4 Å². The van der Waals surface area contributed by atoms with Crippen LogP contribution < -0.4 is 10.6 Å². The van der Waals surface area contributed by atoms with E-state index >= 15 is 4.39 Å². The number of nitrogens with one attached hydrogen (secondary N) is 2. The van der Waals surface area contributed by atoms with Gasteiger partial charge in [0, 0.05) is 41.5 Å². The van der Waals surface area contributed by atoms with Crippen molar-refractivity contribution in [2.75, 3.05) is 17.2 Å². The molecule has 3 heterocycles. The molecular formula is C35H35ClFN5O4. The molecule has 3 aromatic rings. The fourth-order valence-electron chi connectivity index (χ4n) is 5.78. The van der Waals surface area contributed by atoms with Crippen LogP contribution in [0.4, 0.5) is 20.6 Å². The van der Waals surface area contributed by atoms with Crippen LogP contribution in [-0.4, -0.2) is 39.9 Å². The van der Waals surface area contributed by atoms with Crippen LogP contribution in [0.15, 0.2) is 54.7 Å². The Morgan fingerprint density at radius 2 is 1.96 bits per heavy atom. The number of rotatable bonds is 3. The summed E-state index contributed by atoms with van der Waals surface area (Å²) in [4.78, 5) is 45.7. The number of hydrogen-bond acceptors (Lipinski definition) is 6. The predicted octanol–water partition coefficient (Wildman–Crippen LogP) is 7.88. The number of carbonyl (C=O) groups is 3. The molecule has 46 heavy (non-hydrogen) atoms. The molecule has 3 amide bonds. The number of ether oxygens (including phenoxy) is 1. The van der Waals surface area contributed by atoms with Crippen molar-refractivity contribution in [3.05, 3.63) is 82.4 Å². The lowest BCUT2D eigenvalue weighted by atomic mass is 9.91. The highest BCUT2D eigenvalue weighted by Crippen LogP contribution is 2.38. The number of anilines is 2. The molecule has 2 bridgehead atoms. The first kappa shape index (κ1) is 32.6. The molecule has 1 aromatic heterocycles. The molecule has 0 unspecified atom stereocenters. The molecule has 0 saturated heterocycles. The molecule has 0 spiro atoms. The Hall–Kier alpha value is -4.75. The number of nitrogens with zero attached hydrogens (tertiary/aromatic N) is 3. The number of carbonyl (C=O) groups excluding carboxylic acids is 3. The number of benzene rings is 2. The third-order valence-electron chi connectivity index (χ3n) is 8.03. The van der Waals surface area contributed by atoms with Gasteiger partial charge in [-0.25, -0.2) is 9.18 Å². The van der Waals surface area contributed by atoms with Crippen LogP contribution in [0.25, 0.3) is 16.7 Å². The van der Waals surface area contributed by atoms with Crippen LogP contribution in [0.1, 0.15) is 76.2 Å². The number of nitriles is 1. The molecule has 2 aliphatic rings. The lowest BCUT2D eigenvalue weighted by Gasteiger charge is -2.34. The molecule has 2 atom stereocenters. The van der Waals surface area contributed by atoms with E-state index in [2.05, 4.69) is 15.6 Å². The van der Waals surface area contributed by atoms with E-state index < -0.39 is 23.6 Å². The number of amides is 3.